The Morgan fingerprint density at radius 3 is 2.25 bits per heavy atom. The van der Waals surface area contributed by atoms with E-state index in [1.165, 1.54) is 47.4 Å². The molecule has 0 spiro atoms. The highest BCUT2D eigenvalue weighted by Crippen LogP contribution is 2.39. The van der Waals surface area contributed by atoms with Crippen LogP contribution in [0.4, 0.5) is 22.4 Å². The van der Waals surface area contributed by atoms with Gasteiger partial charge in [0.25, 0.3) is 5.91 Å². The van der Waals surface area contributed by atoms with Crippen LogP contribution in [0.5, 0.6) is 0 Å². The van der Waals surface area contributed by atoms with Gasteiger partial charge >= 0.3 is 18.2 Å². The molecule has 1 saturated heterocycles. The number of urea groups is 1. The SMILES string of the molecule is CCOC(=O)C1=C(CN2CCN(C(=O)c3ccc(F)cc3)CC2)N(CC)C(=O)NC1c1ccccc1C(F)(F)F. The number of halogens is 4. The highest BCUT2D eigenvalue weighted by Gasteiger charge is 2.43. The first-order valence-corrected chi connectivity index (χ1v) is 13.0. The molecule has 3 amide bonds. The van der Waals surface area contributed by atoms with Gasteiger partial charge in [-0.2, -0.15) is 13.2 Å². The van der Waals surface area contributed by atoms with Gasteiger partial charge in [-0.25, -0.2) is 14.0 Å². The maximum atomic E-state index is 13.9. The number of likely N-dealkylation sites (N-methyl/N-ethyl adjacent to an activating group) is 1. The molecule has 0 saturated carbocycles. The molecule has 0 radical (unpaired) electrons. The standard InChI is InChI=1S/C28H30F4N4O4/c1-3-36-22(17-34-13-15-35(16-14-34)25(37)18-9-11-19(29)12-10-18)23(26(38)40-4-2)24(33-27(36)39)20-7-5-6-8-21(20)28(30,31)32/h5-12,24H,3-4,13-17H2,1-2H3,(H,33,39). The van der Waals surface area contributed by atoms with Crippen LogP contribution in [0.1, 0.15) is 41.4 Å². The van der Waals surface area contributed by atoms with E-state index in [0.29, 0.717) is 31.7 Å². The van der Waals surface area contributed by atoms with Crippen molar-refractivity contribution in [3.63, 3.8) is 0 Å². The number of nitrogens with zero attached hydrogens (tertiary/aromatic N) is 3. The van der Waals surface area contributed by atoms with Crippen LogP contribution in [-0.2, 0) is 15.7 Å². The molecule has 8 nitrogen and oxygen atoms in total. The van der Waals surface area contributed by atoms with Gasteiger partial charge in [-0.3, -0.25) is 14.6 Å². The fraction of sp³-hybridized carbons (Fsp3) is 0.393. The summed E-state index contributed by atoms with van der Waals surface area (Å²) in [5.74, 6) is -1.51. The molecule has 2 aromatic rings. The number of nitrogens with one attached hydrogen (secondary N) is 1. The lowest BCUT2D eigenvalue weighted by molar-refractivity contribution is -0.141. The number of hydrogen-bond donors (Lipinski definition) is 1. The van der Waals surface area contributed by atoms with Crippen molar-refractivity contribution < 1.29 is 36.7 Å². The van der Waals surface area contributed by atoms with Crippen LogP contribution in [0.3, 0.4) is 0 Å². The quantitative estimate of drug-likeness (QED) is 0.404. The number of esters is 1. The number of hydrogen-bond acceptors (Lipinski definition) is 5. The minimum atomic E-state index is -4.71. The Hall–Kier alpha value is -3.93. The van der Waals surface area contributed by atoms with Gasteiger partial charge in [0.15, 0.2) is 0 Å². The smallest absolute Gasteiger partial charge is 0.416 e. The first-order chi connectivity index (χ1) is 19.0. The van der Waals surface area contributed by atoms with Gasteiger partial charge < -0.3 is 15.0 Å². The van der Waals surface area contributed by atoms with Crippen LogP contribution in [0.25, 0.3) is 0 Å². The third kappa shape index (κ3) is 6.11. The van der Waals surface area contributed by atoms with Crippen LogP contribution in [-0.4, -0.2) is 78.5 Å². The molecule has 1 atom stereocenters. The molecule has 0 bridgehead atoms. The fourth-order valence-corrected chi connectivity index (χ4v) is 4.99. The number of amides is 3. The van der Waals surface area contributed by atoms with Gasteiger partial charge in [-0.15, -0.1) is 0 Å². The topological polar surface area (TPSA) is 82.2 Å². The summed E-state index contributed by atoms with van der Waals surface area (Å²) in [4.78, 5) is 44.1. The molecule has 2 aromatic carbocycles. The van der Waals surface area contributed by atoms with E-state index in [4.69, 9.17) is 4.74 Å². The van der Waals surface area contributed by atoms with Gasteiger partial charge in [-0.05, 0) is 49.7 Å². The Morgan fingerprint density at radius 1 is 1.00 bits per heavy atom. The first-order valence-electron chi connectivity index (χ1n) is 13.0. The Labute approximate surface area is 229 Å². The predicted octanol–water partition coefficient (Wildman–Crippen LogP) is 4.21. The zero-order valence-corrected chi connectivity index (χ0v) is 22.1. The number of rotatable bonds is 7. The molecule has 12 heteroatoms. The maximum Gasteiger partial charge on any atom is 0.416 e. The van der Waals surface area contributed by atoms with Gasteiger partial charge in [0.05, 0.1) is 23.8 Å². The van der Waals surface area contributed by atoms with Gasteiger partial charge in [-0.1, -0.05) is 18.2 Å². The third-order valence-electron chi connectivity index (χ3n) is 6.95. The molecule has 2 heterocycles. The Bertz CT molecular complexity index is 1290. The number of piperazine rings is 1. The summed E-state index contributed by atoms with van der Waals surface area (Å²) >= 11 is 0. The largest absolute Gasteiger partial charge is 0.463 e. The van der Waals surface area contributed by atoms with Crippen molar-refractivity contribution >= 4 is 17.9 Å². The lowest BCUT2D eigenvalue weighted by Crippen LogP contribution is -2.54. The molecular formula is C28H30F4N4O4. The maximum absolute atomic E-state index is 13.9. The van der Waals surface area contributed by atoms with Crippen LogP contribution in [0.15, 0.2) is 59.8 Å². The molecule has 2 aliphatic rings. The zero-order valence-electron chi connectivity index (χ0n) is 22.1. The van der Waals surface area contributed by atoms with E-state index in [9.17, 15) is 31.9 Å². The van der Waals surface area contributed by atoms with E-state index in [0.717, 1.165) is 6.07 Å². The van der Waals surface area contributed by atoms with E-state index in [2.05, 4.69) is 5.32 Å². The van der Waals surface area contributed by atoms with Gasteiger partial charge in [0.2, 0.25) is 0 Å². The van der Waals surface area contributed by atoms with Crippen molar-refractivity contribution in [2.24, 2.45) is 0 Å². The number of carbonyl (C=O) groups excluding carboxylic acids is 3. The second-order valence-corrected chi connectivity index (χ2v) is 9.37. The molecule has 0 aromatic heterocycles. The average molecular weight is 563 g/mol. The average Bonchev–Trinajstić information content (AvgIpc) is 2.93. The second kappa shape index (κ2) is 12.1. The van der Waals surface area contributed by atoms with E-state index < -0.39 is 35.6 Å². The monoisotopic (exact) mass is 562 g/mol. The molecule has 40 heavy (non-hydrogen) atoms. The first kappa shape index (κ1) is 29.1. The third-order valence-corrected chi connectivity index (χ3v) is 6.95. The van der Waals surface area contributed by atoms with Crippen LogP contribution >= 0.6 is 0 Å². The summed E-state index contributed by atoms with van der Waals surface area (Å²) in [5, 5.41) is 2.58. The van der Waals surface area contributed by atoms with E-state index in [1.54, 1.807) is 18.7 Å². The molecule has 1 fully saturated rings. The lowest BCUT2D eigenvalue weighted by atomic mass is 9.90. The molecule has 2 aliphatic heterocycles. The summed E-state index contributed by atoms with van der Waals surface area (Å²) in [6, 6.07) is 8.08. The minimum Gasteiger partial charge on any atom is -0.463 e. The second-order valence-electron chi connectivity index (χ2n) is 9.37. The summed E-state index contributed by atoms with van der Waals surface area (Å²) in [7, 11) is 0. The van der Waals surface area contributed by atoms with Crippen molar-refractivity contribution in [1.82, 2.24) is 20.0 Å². The highest BCUT2D eigenvalue weighted by molar-refractivity contribution is 5.95. The Morgan fingerprint density at radius 2 is 1.65 bits per heavy atom. The minimum absolute atomic E-state index is 0.00645. The summed E-state index contributed by atoms with van der Waals surface area (Å²) in [6.45, 7) is 4.96. The summed E-state index contributed by atoms with van der Waals surface area (Å²) < 4.78 is 60.3. The zero-order chi connectivity index (χ0) is 29.0. The van der Waals surface area contributed by atoms with Crippen LogP contribution < -0.4 is 5.32 Å². The summed E-state index contributed by atoms with van der Waals surface area (Å²) in [6.07, 6.45) is -4.71. The normalized spacial score (nSPS) is 18.6. The van der Waals surface area contributed by atoms with E-state index >= 15 is 0 Å². The van der Waals surface area contributed by atoms with Crippen LogP contribution in [0, 0.1) is 5.82 Å². The predicted molar refractivity (Wildman–Crippen MR) is 137 cm³/mol. The number of ether oxygens (including phenoxy) is 1. The van der Waals surface area contributed by atoms with Gasteiger partial charge in [0, 0.05) is 50.5 Å². The molecule has 0 aliphatic carbocycles. The van der Waals surface area contributed by atoms with E-state index in [1.807, 2.05) is 4.90 Å². The van der Waals surface area contributed by atoms with Gasteiger partial charge in [0.1, 0.15) is 5.82 Å². The highest BCUT2D eigenvalue weighted by atomic mass is 19.4. The number of alkyl halides is 3. The van der Waals surface area contributed by atoms with Crippen molar-refractivity contribution in [3.8, 4) is 0 Å². The van der Waals surface area contributed by atoms with Crippen molar-refractivity contribution in [2.45, 2.75) is 26.1 Å². The Balaban J connectivity index is 1.65. The van der Waals surface area contributed by atoms with Crippen molar-refractivity contribution in [3.05, 3.63) is 82.3 Å². The number of benzene rings is 2. The van der Waals surface area contributed by atoms with Crippen LogP contribution in [0.2, 0.25) is 0 Å². The van der Waals surface area contributed by atoms with E-state index in [-0.39, 0.29) is 42.4 Å². The molecule has 1 N–H and O–H groups in total. The fourth-order valence-electron chi connectivity index (χ4n) is 4.99. The summed E-state index contributed by atoms with van der Waals surface area (Å²) in [5.41, 5.74) is -0.669. The van der Waals surface area contributed by atoms with Crippen molar-refractivity contribution in [1.29, 1.82) is 0 Å². The lowest BCUT2D eigenvalue weighted by Gasteiger charge is -2.40. The molecular weight excluding hydrogens is 532 g/mol. The number of carbonyl (C=O) groups is 3. The Kier molecular flexibility index (Phi) is 8.77. The molecule has 214 valence electrons. The molecule has 1 unspecified atom stereocenters. The molecule has 4 rings (SSSR count). The van der Waals surface area contributed by atoms with Crippen molar-refractivity contribution in [2.75, 3.05) is 45.9 Å².